The van der Waals surface area contributed by atoms with Gasteiger partial charge in [0.1, 0.15) is 5.71 Å². The van der Waals surface area contributed by atoms with E-state index in [1.54, 1.807) is 0 Å². The molecule has 2 aliphatic heterocycles. The van der Waals surface area contributed by atoms with Crippen LogP contribution in [-0.2, 0) is 9.63 Å². The molecule has 3 amide bonds. The maximum atomic E-state index is 12.3. The van der Waals surface area contributed by atoms with E-state index in [4.69, 9.17) is 10.6 Å². The minimum absolute atomic E-state index is 0.0660. The molecule has 0 unspecified atom stereocenters. The highest BCUT2D eigenvalue weighted by molar-refractivity contribution is 6.38. The van der Waals surface area contributed by atoms with Gasteiger partial charge in [-0.05, 0) is 31.1 Å². The molecule has 2 heterocycles. The second-order valence-electron chi connectivity index (χ2n) is 7.79. The van der Waals surface area contributed by atoms with Gasteiger partial charge in [-0.15, -0.1) is 0 Å². The zero-order valence-electron chi connectivity index (χ0n) is 14.5. The van der Waals surface area contributed by atoms with Crippen LogP contribution in [0.5, 0.6) is 0 Å². The van der Waals surface area contributed by atoms with E-state index in [0.29, 0.717) is 13.0 Å². The summed E-state index contributed by atoms with van der Waals surface area (Å²) in [6.07, 6.45) is 5.65. The number of nitrogens with one attached hydrogen (secondary N) is 1. The van der Waals surface area contributed by atoms with E-state index in [1.165, 1.54) is 25.7 Å². The van der Waals surface area contributed by atoms with Crippen LogP contribution in [0.15, 0.2) is 5.16 Å². The summed E-state index contributed by atoms with van der Waals surface area (Å²) in [7, 11) is 0. The van der Waals surface area contributed by atoms with Crippen molar-refractivity contribution >= 4 is 17.6 Å². The molecule has 2 bridgehead atoms. The van der Waals surface area contributed by atoms with Crippen molar-refractivity contribution in [2.75, 3.05) is 32.7 Å². The number of primary amides is 1. The molecule has 0 aromatic heterocycles. The number of nitrogens with zero attached hydrogens (tertiary/aromatic N) is 3. The molecule has 0 spiro atoms. The smallest absolute Gasteiger partial charge is 0.317 e. The Morgan fingerprint density at radius 2 is 2.00 bits per heavy atom. The Balaban J connectivity index is 1.18. The highest BCUT2D eigenvalue weighted by atomic mass is 16.6. The minimum atomic E-state index is -0.564. The normalized spacial score (nSPS) is 34.7. The lowest BCUT2D eigenvalue weighted by Gasteiger charge is -2.41. The average molecular weight is 349 g/mol. The first-order chi connectivity index (χ1) is 12.1. The third kappa shape index (κ3) is 3.44. The summed E-state index contributed by atoms with van der Waals surface area (Å²) in [4.78, 5) is 33.0. The number of fused-ring (bicyclic) bond motifs is 2. The van der Waals surface area contributed by atoms with Crippen LogP contribution < -0.4 is 11.1 Å². The third-order valence-corrected chi connectivity index (χ3v) is 6.27. The summed E-state index contributed by atoms with van der Waals surface area (Å²) in [5.41, 5.74) is 5.40. The molecular formula is C17H27N5O3. The molecule has 2 saturated carbocycles. The quantitative estimate of drug-likeness (QED) is 0.753. The number of carbonyl (C=O) groups is 2. The van der Waals surface area contributed by atoms with E-state index in [9.17, 15) is 9.59 Å². The van der Waals surface area contributed by atoms with Gasteiger partial charge in [0.25, 0.3) is 5.91 Å². The molecule has 0 aromatic carbocycles. The molecule has 8 nitrogen and oxygen atoms in total. The monoisotopic (exact) mass is 349 g/mol. The van der Waals surface area contributed by atoms with Crippen LogP contribution >= 0.6 is 0 Å². The molecule has 3 N–H and O–H groups in total. The summed E-state index contributed by atoms with van der Waals surface area (Å²) < 4.78 is 0. The Kier molecular flexibility index (Phi) is 4.54. The van der Waals surface area contributed by atoms with E-state index in [0.717, 1.165) is 44.1 Å². The van der Waals surface area contributed by atoms with Crippen molar-refractivity contribution in [1.29, 1.82) is 0 Å². The minimum Gasteiger partial charge on any atom is -0.390 e. The van der Waals surface area contributed by atoms with Crippen molar-refractivity contribution < 1.29 is 14.4 Å². The Morgan fingerprint density at radius 3 is 2.60 bits per heavy atom. The van der Waals surface area contributed by atoms with Crippen molar-refractivity contribution in [1.82, 2.24) is 15.1 Å². The molecule has 3 fully saturated rings. The van der Waals surface area contributed by atoms with Gasteiger partial charge in [0.15, 0.2) is 6.10 Å². The Hall–Kier alpha value is -1.83. The number of nitrogens with two attached hydrogens (primary N) is 1. The molecule has 4 rings (SSSR count). The van der Waals surface area contributed by atoms with Crippen LogP contribution in [0.4, 0.5) is 4.79 Å². The summed E-state index contributed by atoms with van der Waals surface area (Å²) in [5.74, 6) is 1.28. The van der Waals surface area contributed by atoms with E-state index < -0.39 is 5.91 Å². The second-order valence-corrected chi connectivity index (χ2v) is 7.79. The summed E-state index contributed by atoms with van der Waals surface area (Å²) in [5, 5.41) is 6.53. The molecule has 2 aliphatic carbocycles. The predicted octanol–water partition coefficient (Wildman–Crippen LogP) is 0.132. The fourth-order valence-corrected chi connectivity index (χ4v) is 4.91. The summed E-state index contributed by atoms with van der Waals surface area (Å²) >= 11 is 0. The van der Waals surface area contributed by atoms with E-state index >= 15 is 0 Å². The maximum absolute atomic E-state index is 12.3. The first-order valence-corrected chi connectivity index (χ1v) is 9.39. The molecule has 25 heavy (non-hydrogen) atoms. The molecule has 0 aromatic rings. The number of urea groups is 1. The van der Waals surface area contributed by atoms with Gasteiger partial charge in [-0.25, -0.2) is 4.79 Å². The average Bonchev–Trinajstić information content (AvgIpc) is 3.36. The second kappa shape index (κ2) is 6.82. The molecule has 0 radical (unpaired) electrons. The first kappa shape index (κ1) is 16.6. The molecule has 4 aliphatic rings. The van der Waals surface area contributed by atoms with Gasteiger partial charge >= 0.3 is 6.03 Å². The molecule has 8 heteroatoms. The fraction of sp³-hybridized carbons (Fsp3) is 0.824. The number of amides is 3. The van der Waals surface area contributed by atoms with Crippen LogP contribution in [0.1, 0.15) is 32.1 Å². The number of rotatable bonds is 4. The van der Waals surface area contributed by atoms with Gasteiger partial charge in [0.2, 0.25) is 0 Å². The third-order valence-electron chi connectivity index (χ3n) is 6.27. The van der Waals surface area contributed by atoms with Gasteiger partial charge in [-0.1, -0.05) is 11.6 Å². The van der Waals surface area contributed by atoms with Crippen LogP contribution in [-0.4, -0.2) is 72.3 Å². The lowest BCUT2D eigenvalue weighted by Crippen LogP contribution is -2.55. The van der Waals surface area contributed by atoms with Gasteiger partial charge in [0, 0.05) is 38.6 Å². The topological polar surface area (TPSA) is 100 Å². The molecule has 4 atom stereocenters. The van der Waals surface area contributed by atoms with Gasteiger partial charge < -0.3 is 20.8 Å². The van der Waals surface area contributed by atoms with Gasteiger partial charge in [-0.2, -0.15) is 0 Å². The van der Waals surface area contributed by atoms with E-state index in [2.05, 4.69) is 15.4 Å². The Labute approximate surface area is 147 Å². The van der Waals surface area contributed by atoms with Crippen molar-refractivity contribution in [3.05, 3.63) is 0 Å². The van der Waals surface area contributed by atoms with Crippen molar-refractivity contribution in [3.63, 3.8) is 0 Å². The fourth-order valence-electron chi connectivity index (χ4n) is 4.91. The van der Waals surface area contributed by atoms with Crippen molar-refractivity contribution in [2.45, 2.75) is 44.2 Å². The molecular weight excluding hydrogens is 322 g/mol. The lowest BCUT2D eigenvalue weighted by molar-refractivity contribution is -0.112. The van der Waals surface area contributed by atoms with Gasteiger partial charge in [-0.3, -0.25) is 9.69 Å². The van der Waals surface area contributed by atoms with Crippen molar-refractivity contribution in [3.8, 4) is 0 Å². The maximum Gasteiger partial charge on any atom is 0.317 e. The molecule has 138 valence electrons. The number of hydrogen-bond donors (Lipinski definition) is 2. The zero-order chi connectivity index (χ0) is 17.4. The number of hydrogen-bond acceptors (Lipinski definition) is 5. The number of piperazine rings is 1. The van der Waals surface area contributed by atoms with Crippen LogP contribution in [0.2, 0.25) is 0 Å². The SMILES string of the molecule is NC(=O)C1=NO[C@H](CNC(=O)N2CCN([C@H]3C[C@H]4CC[C@H]3C4)CC2)C1. The van der Waals surface area contributed by atoms with E-state index in [1.807, 2.05) is 4.90 Å². The number of carbonyl (C=O) groups excluding carboxylic acids is 2. The number of oxime groups is 1. The van der Waals surface area contributed by atoms with Crippen LogP contribution in [0.3, 0.4) is 0 Å². The first-order valence-electron chi connectivity index (χ1n) is 9.39. The largest absolute Gasteiger partial charge is 0.390 e. The lowest BCUT2D eigenvalue weighted by atomic mass is 9.93. The van der Waals surface area contributed by atoms with E-state index in [-0.39, 0.29) is 17.8 Å². The Bertz CT molecular complexity index is 573. The highest BCUT2D eigenvalue weighted by Crippen LogP contribution is 2.46. The molecule has 1 saturated heterocycles. The summed E-state index contributed by atoms with van der Waals surface area (Å²) in [6.45, 7) is 3.82. The van der Waals surface area contributed by atoms with Crippen LogP contribution in [0.25, 0.3) is 0 Å². The van der Waals surface area contributed by atoms with Gasteiger partial charge in [0.05, 0.1) is 6.54 Å². The van der Waals surface area contributed by atoms with Crippen LogP contribution in [0, 0.1) is 11.8 Å². The highest BCUT2D eigenvalue weighted by Gasteiger charge is 2.43. The van der Waals surface area contributed by atoms with Crippen molar-refractivity contribution in [2.24, 2.45) is 22.7 Å². The summed E-state index contributed by atoms with van der Waals surface area (Å²) in [6, 6.07) is 0.684. The Morgan fingerprint density at radius 1 is 1.20 bits per heavy atom. The standard InChI is InChI=1S/C17H27N5O3/c18-16(23)14-9-13(25-20-14)10-19-17(24)22-5-3-21(4-6-22)15-8-11-1-2-12(15)7-11/h11-13,15H,1-10H2,(H2,18,23)(H,19,24)/t11-,12-,13-,15-/m0/s1. The zero-order valence-corrected chi connectivity index (χ0v) is 14.5. The predicted molar refractivity (Wildman–Crippen MR) is 91.9 cm³/mol.